The number of sulfonamides is 1. The Kier molecular flexibility index (Phi) is 6.40. The summed E-state index contributed by atoms with van der Waals surface area (Å²) in [6.07, 6.45) is 1.46. The van der Waals surface area contributed by atoms with Gasteiger partial charge in [0.05, 0.1) is 31.4 Å². The van der Waals surface area contributed by atoms with Crippen LogP contribution in [0.25, 0.3) is 0 Å². The highest BCUT2D eigenvalue weighted by molar-refractivity contribution is 7.89. The number of carbonyl (C=O) groups excluding carboxylic acids is 1. The Hall–Kier alpha value is -2.75. The van der Waals surface area contributed by atoms with Crippen LogP contribution in [0, 0.1) is 0 Å². The number of nitrogens with one attached hydrogen (secondary N) is 1. The van der Waals surface area contributed by atoms with Crippen LogP contribution in [0.15, 0.2) is 58.5 Å². The second-order valence-corrected chi connectivity index (χ2v) is 7.92. The number of hydrazone groups is 1. The van der Waals surface area contributed by atoms with Gasteiger partial charge in [-0.2, -0.15) is 9.41 Å². The fourth-order valence-corrected chi connectivity index (χ4v) is 4.19. The lowest BCUT2D eigenvalue weighted by Crippen LogP contribution is -2.40. The molecular weight excluding hydrogens is 382 g/mol. The molecule has 8 nitrogen and oxygen atoms in total. The van der Waals surface area contributed by atoms with E-state index >= 15 is 0 Å². The van der Waals surface area contributed by atoms with Gasteiger partial charge in [-0.05, 0) is 30.3 Å². The topological polar surface area (TPSA) is 97.3 Å². The van der Waals surface area contributed by atoms with Crippen LogP contribution >= 0.6 is 0 Å². The van der Waals surface area contributed by atoms with Gasteiger partial charge in [0.15, 0.2) is 0 Å². The molecule has 9 heteroatoms. The predicted molar refractivity (Wildman–Crippen MR) is 104 cm³/mol. The molecule has 0 saturated carbocycles. The molecule has 0 aliphatic carbocycles. The van der Waals surface area contributed by atoms with Crippen molar-refractivity contribution in [1.82, 2.24) is 9.73 Å². The molecule has 1 N–H and O–H groups in total. The monoisotopic (exact) mass is 403 g/mol. The smallest absolute Gasteiger partial charge is 0.271 e. The molecule has 0 bridgehead atoms. The lowest BCUT2D eigenvalue weighted by atomic mass is 10.2. The van der Waals surface area contributed by atoms with E-state index in [-0.39, 0.29) is 10.5 Å². The summed E-state index contributed by atoms with van der Waals surface area (Å²) >= 11 is 0. The Bertz CT molecular complexity index is 969. The average Bonchev–Trinajstić information content (AvgIpc) is 2.74. The number of hydrogen-bond donors (Lipinski definition) is 1. The van der Waals surface area contributed by atoms with E-state index in [0.29, 0.717) is 37.6 Å². The fourth-order valence-electron chi connectivity index (χ4n) is 2.73. The SMILES string of the molecule is COc1ccccc1C=NNC(=O)c1cccc(S(=O)(=O)N2CCOCC2)c1. The molecule has 1 heterocycles. The molecule has 0 radical (unpaired) electrons. The van der Waals surface area contributed by atoms with Crippen LogP contribution in [-0.4, -0.2) is 58.3 Å². The van der Waals surface area contributed by atoms with Crippen molar-refractivity contribution >= 4 is 22.1 Å². The van der Waals surface area contributed by atoms with Crippen LogP contribution in [0.2, 0.25) is 0 Å². The molecule has 1 aliphatic rings. The van der Waals surface area contributed by atoms with E-state index in [1.54, 1.807) is 19.2 Å². The van der Waals surface area contributed by atoms with E-state index in [9.17, 15) is 13.2 Å². The minimum absolute atomic E-state index is 0.0655. The Morgan fingerprint density at radius 1 is 1.18 bits per heavy atom. The maximum Gasteiger partial charge on any atom is 0.271 e. The van der Waals surface area contributed by atoms with Crippen molar-refractivity contribution in [2.75, 3.05) is 33.4 Å². The number of para-hydroxylation sites is 1. The second-order valence-electron chi connectivity index (χ2n) is 5.99. The van der Waals surface area contributed by atoms with Gasteiger partial charge >= 0.3 is 0 Å². The van der Waals surface area contributed by atoms with Crippen LogP contribution in [0.1, 0.15) is 15.9 Å². The summed E-state index contributed by atoms with van der Waals surface area (Å²) in [5, 5.41) is 3.93. The van der Waals surface area contributed by atoms with Crippen LogP contribution < -0.4 is 10.2 Å². The number of nitrogens with zero attached hydrogens (tertiary/aromatic N) is 2. The highest BCUT2D eigenvalue weighted by Gasteiger charge is 2.26. The highest BCUT2D eigenvalue weighted by Crippen LogP contribution is 2.18. The predicted octanol–water partition coefficient (Wildman–Crippen LogP) is 1.48. The normalized spacial score (nSPS) is 15.5. The van der Waals surface area contributed by atoms with E-state index in [1.165, 1.54) is 34.8 Å². The first-order chi connectivity index (χ1) is 13.5. The number of morpholine rings is 1. The van der Waals surface area contributed by atoms with Crippen molar-refractivity contribution in [2.24, 2.45) is 5.10 Å². The van der Waals surface area contributed by atoms with Crippen molar-refractivity contribution in [3.8, 4) is 5.75 Å². The van der Waals surface area contributed by atoms with E-state index in [4.69, 9.17) is 9.47 Å². The first kappa shape index (κ1) is 20.0. The van der Waals surface area contributed by atoms with Crippen LogP contribution in [0.3, 0.4) is 0 Å². The van der Waals surface area contributed by atoms with Gasteiger partial charge in [-0.1, -0.05) is 18.2 Å². The van der Waals surface area contributed by atoms with Crippen LogP contribution in [0.5, 0.6) is 5.75 Å². The molecule has 148 valence electrons. The first-order valence-corrected chi connectivity index (χ1v) is 10.1. The summed E-state index contributed by atoms with van der Waals surface area (Å²) in [5.41, 5.74) is 3.31. The quantitative estimate of drug-likeness (QED) is 0.582. The third-order valence-electron chi connectivity index (χ3n) is 4.21. The van der Waals surface area contributed by atoms with Crippen LogP contribution in [0.4, 0.5) is 0 Å². The molecular formula is C19H21N3O5S. The molecule has 0 unspecified atom stereocenters. The van der Waals surface area contributed by atoms with Crippen LogP contribution in [-0.2, 0) is 14.8 Å². The summed E-state index contributed by atoms with van der Waals surface area (Å²) in [6.45, 7) is 1.30. The maximum absolute atomic E-state index is 12.7. The molecule has 1 saturated heterocycles. The molecule has 1 fully saturated rings. The Balaban J connectivity index is 1.72. The van der Waals surface area contributed by atoms with Crippen molar-refractivity contribution in [2.45, 2.75) is 4.90 Å². The van der Waals surface area contributed by atoms with Gasteiger partial charge in [0.2, 0.25) is 10.0 Å². The number of hydrogen-bond acceptors (Lipinski definition) is 6. The number of amides is 1. The van der Waals surface area contributed by atoms with E-state index in [0.717, 1.165) is 0 Å². The molecule has 2 aromatic carbocycles. The number of rotatable bonds is 6. The van der Waals surface area contributed by atoms with E-state index in [2.05, 4.69) is 10.5 Å². The Labute approximate surface area is 163 Å². The summed E-state index contributed by atoms with van der Waals surface area (Å²) in [6, 6.07) is 13.1. The molecule has 1 aliphatic heterocycles. The summed E-state index contributed by atoms with van der Waals surface area (Å²) < 4.78 is 37.2. The minimum Gasteiger partial charge on any atom is -0.496 e. The van der Waals surface area contributed by atoms with Gasteiger partial charge in [0.25, 0.3) is 5.91 Å². The summed E-state index contributed by atoms with van der Waals surface area (Å²) in [4.78, 5) is 12.4. The van der Waals surface area contributed by atoms with E-state index < -0.39 is 15.9 Å². The summed E-state index contributed by atoms with van der Waals surface area (Å²) in [5.74, 6) is 0.115. The molecule has 2 aromatic rings. The average molecular weight is 403 g/mol. The van der Waals surface area contributed by atoms with Gasteiger partial charge in [-0.25, -0.2) is 13.8 Å². The Morgan fingerprint density at radius 3 is 2.68 bits per heavy atom. The highest BCUT2D eigenvalue weighted by atomic mass is 32.2. The molecule has 1 amide bonds. The molecule has 0 atom stereocenters. The van der Waals surface area contributed by atoms with Gasteiger partial charge in [-0.3, -0.25) is 4.79 Å². The minimum atomic E-state index is -3.67. The fraction of sp³-hybridized carbons (Fsp3) is 0.263. The molecule has 0 spiro atoms. The third-order valence-corrected chi connectivity index (χ3v) is 6.11. The number of ether oxygens (including phenoxy) is 2. The largest absolute Gasteiger partial charge is 0.496 e. The molecule has 0 aromatic heterocycles. The number of benzene rings is 2. The van der Waals surface area contributed by atoms with Gasteiger partial charge in [0.1, 0.15) is 5.75 Å². The number of carbonyl (C=O) groups is 1. The second kappa shape index (κ2) is 8.96. The van der Waals surface area contributed by atoms with Crippen molar-refractivity contribution in [3.63, 3.8) is 0 Å². The van der Waals surface area contributed by atoms with Gasteiger partial charge in [-0.15, -0.1) is 0 Å². The zero-order valence-corrected chi connectivity index (χ0v) is 16.2. The van der Waals surface area contributed by atoms with E-state index in [1.807, 2.05) is 12.1 Å². The molecule has 28 heavy (non-hydrogen) atoms. The van der Waals surface area contributed by atoms with Gasteiger partial charge < -0.3 is 9.47 Å². The zero-order chi connectivity index (χ0) is 20.0. The maximum atomic E-state index is 12.7. The standard InChI is InChI=1S/C19H21N3O5S/c1-26-18-8-3-2-5-16(18)14-20-21-19(23)15-6-4-7-17(13-15)28(24,25)22-9-11-27-12-10-22/h2-8,13-14H,9-12H2,1H3,(H,21,23). The van der Waals surface area contributed by atoms with Crippen molar-refractivity contribution < 1.29 is 22.7 Å². The van der Waals surface area contributed by atoms with Gasteiger partial charge in [0, 0.05) is 24.2 Å². The van der Waals surface area contributed by atoms with Crippen molar-refractivity contribution in [1.29, 1.82) is 0 Å². The lowest BCUT2D eigenvalue weighted by molar-refractivity contribution is 0.0730. The summed E-state index contributed by atoms with van der Waals surface area (Å²) in [7, 11) is -2.12. The Morgan fingerprint density at radius 2 is 1.93 bits per heavy atom. The van der Waals surface area contributed by atoms with Crippen molar-refractivity contribution in [3.05, 3.63) is 59.7 Å². The zero-order valence-electron chi connectivity index (χ0n) is 15.4. The molecule has 3 rings (SSSR count). The first-order valence-electron chi connectivity index (χ1n) is 8.67. The third kappa shape index (κ3) is 4.56. The lowest BCUT2D eigenvalue weighted by Gasteiger charge is -2.26. The number of methoxy groups -OCH3 is 1.